The maximum atomic E-state index is 6.16. The number of fused-ring (bicyclic) bond motifs is 3. The van der Waals surface area contributed by atoms with E-state index in [2.05, 4.69) is 194 Å². The normalized spacial score (nSPS) is 17.8. The molecule has 51 heavy (non-hydrogen) atoms. The summed E-state index contributed by atoms with van der Waals surface area (Å²) in [6, 6.07) is 55.0. The summed E-state index contributed by atoms with van der Waals surface area (Å²) < 4.78 is 6.16. The molecule has 0 N–H and O–H groups in total. The number of rotatable bonds is 7. The van der Waals surface area contributed by atoms with Crippen molar-refractivity contribution in [3.05, 3.63) is 204 Å². The summed E-state index contributed by atoms with van der Waals surface area (Å²) in [6.07, 6.45) is 15.3. The molecule has 2 aliphatic carbocycles. The lowest BCUT2D eigenvalue weighted by Gasteiger charge is -2.32. The Morgan fingerprint density at radius 3 is 1.96 bits per heavy atom. The fraction of sp³-hybridized carbons (Fsp3) is 0.102. The van der Waals surface area contributed by atoms with Crippen LogP contribution in [0.2, 0.25) is 0 Å². The summed E-state index contributed by atoms with van der Waals surface area (Å²) in [6.45, 7) is 2.35. The molecule has 0 spiro atoms. The first-order chi connectivity index (χ1) is 25.1. The van der Waals surface area contributed by atoms with Gasteiger partial charge in [0.05, 0.1) is 0 Å². The lowest BCUT2D eigenvalue weighted by Crippen LogP contribution is -2.20. The van der Waals surface area contributed by atoms with Gasteiger partial charge in [0.1, 0.15) is 11.3 Å². The molecular formula is C49H39NO. The molecular weight excluding hydrogens is 619 g/mol. The lowest BCUT2D eigenvalue weighted by molar-refractivity contribution is 0.591. The second kappa shape index (κ2) is 13.0. The van der Waals surface area contributed by atoms with Crippen LogP contribution in [-0.2, 0) is 11.8 Å². The highest BCUT2D eigenvalue weighted by Gasteiger charge is 2.27. The van der Waals surface area contributed by atoms with Crippen molar-refractivity contribution in [3.8, 4) is 22.3 Å². The van der Waals surface area contributed by atoms with Crippen molar-refractivity contribution < 1.29 is 4.42 Å². The fourth-order valence-corrected chi connectivity index (χ4v) is 7.74. The van der Waals surface area contributed by atoms with Crippen molar-refractivity contribution in [1.29, 1.82) is 0 Å². The topological polar surface area (TPSA) is 16.4 Å². The number of benzene rings is 6. The average Bonchev–Trinajstić information content (AvgIpc) is 3.57. The van der Waals surface area contributed by atoms with Gasteiger partial charge in [0.15, 0.2) is 0 Å². The van der Waals surface area contributed by atoms with E-state index in [-0.39, 0.29) is 11.3 Å². The van der Waals surface area contributed by atoms with Gasteiger partial charge in [-0.05, 0) is 94.8 Å². The first-order valence-corrected chi connectivity index (χ1v) is 17.9. The van der Waals surface area contributed by atoms with Gasteiger partial charge in [-0.1, -0.05) is 146 Å². The summed E-state index contributed by atoms with van der Waals surface area (Å²) in [7, 11) is 0. The third kappa shape index (κ3) is 5.93. The van der Waals surface area contributed by atoms with Crippen molar-refractivity contribution in [2.45, 2.75) is 31.1 Å². The van der Waals surface area contributed by atoms with Crippen LogP contribution >= 0.6 is 0 Å². The Morgan fingerprint density at radius 1 is 0.608 bits per heavy atom. The number of nitrogens with zero attached hydrogens (tertiary/aromatic N) is 1. The van der Waals surface area contributed by atoms with Crippen LogP contribution in [0.5, 0.6) is 0 Å². The maximum absolute atomic E-state index is 6.16. The SMILES string of the molecule is C[C@@]1(c2cc(-c3ccccc3)cc(N(c3ccc(-c4ccccc4)cc3)c3ccc(C4C=Cc5oc6ccccc6c5C4)cc3)c2)C=CC=CC1. The number of para-hydroxylation sites is 1. The molecule has 246 valence electrons. The minimum atomic E-state index is -0.107. The molecule has 0 aliphatic heterocycles. The van der Waals surface area contributed by atoms with Gasteiger partial charge in [-0.25, -0.2) is 0 Å². The van der Waals surface area contributed by atoms with Crippen molar-refractivity contribution in [1.82, 2.24) is 0 Å². The first kappa shape index (κ1) is 30.9. The molecule has 2 nitrogen and oxygen atoms in total. The Hall–Kier alpha value is -6.12. The van der Waals surface area contributed by atoms with Crippen LogP contribution in [0, 0.1) is 0 Å². The van der Waals surface area contributed by atoms with Gasteiger partial charge in [-0.3, -0.25) is 0 Å². The second-order valence-electron chi connectivity index (χ2n) is 14.0. The van der Waals surface area contributed by atoms with Gasteiger partial charge in [0.25, 0.3) is 0 Å². The number of furan rings is 1. The number of hydrogen-bond acceptors (Lipinski definition) is 2. The van der Waals surface area contributed by atoms with Crippen LogP contribution in [0.15, 0.2) is 186 Å². The molecule has 0 saturated carbocycles. The summed E-state index contributed by atoms with van der Waals surface area (Å²) in [5.74, 6) is 1.27. The summed E-state index contributed by atoms with van der Waals surface area (Å²) in [4.78, 5) is 2.42. The van der Waals surface area contributed by atoms with Crippen molar-refractivity contribution >= 4 is 34.1 Å². The molecule has 7 aromatic rings. The molecule has 0 radical (unpaired) electrons. The van der Waals surface area contributed by atoms with E-state index in [0.717, 1.165) is 41.2 Å². The smallest absolute Gasteiger partial charge is 0.135 e. The predicted octanol–water partition coefficient (Wildman–Crippen LogP) is 13.4. The van der Waals surface area contributed by atoms with Gasteiger partial charge in [0, 0.05) is 39.3 Å². The summed E-state index contributed by atoms with van der Waals surface area (Å²) >= 11 is 0. The number of hydrogen-bond donors (Lipinski definition) is 0. The molecule has 2 aliphatic rings. The Balaban J connectivity index is 1.14. The molecule has 9 rings (SSSR count). The van der Waals surface area contributed by atoms with Gasteiger partial charge < -0.3 is 9.32 Å². The zero-order chi connectivity index (χ0) is 34.2. The lowest BCUT2D eigenvalue weighted by atomic mass is 9.76. The molecule has 6 aromatic carbocycles. The molecule has 0 fully saturated rings. The Kier molecular flexibility index (Phi) is 7.86. The van der Waals surface area contributed by atoms with Crippen molar-refractivity contribution in [2.24, 2.45) is 0 Å². The molecule has 1 aromatic heterocycles. The van der Waals surface area contributed by atoms with E-state index >= 15 is 0 Å². The average molecular weight is 658 g/mol. The highest BCUT2D eigenvalue weighted by molar-refractivity contribution is 5.86. The van der Waals surface area contributed by atoms with E-state index in [4.69, 9.17) is 4.42 Å². The zero-order valence-corrected chi connectivity index (χ0v) is 28.7. The van der Waals surface area contributed by atoms with Crippen LogP contribution in [0.25, 0.3) is 39.3 Å². The first-order valence-electron chi connectivity index (χ1n) is 17.9. The minimum Gasteiger partial charge on any atom is -0.456 e. The minimum absolute atomic E-state index is 0.107. The third-order valence-electron chi connectivity index (χ3n) is 10.6. The van der Waals surface area contributed by atoms with Gasteiger partial charge in [-0.15, -0.1) is 0 Å². The van der Waals surface area contributed by atoms with Gasteiger partial charge >= 0.3 is 0 Å². The van der Waals surface area contributed by atoms with Gasteiger partial charge in [0.2, 0.25) is 0 Å². The standard InChI is InChI=1S/C49H39NO/c1-49(29-11-4-12-30-49)41-31-40(36-15-7-3-8-16-36)32-44(34-41)50(42-24-19-37(20-25-42)35-13-5-2-6-14-35)43-26-21-38(22-27-43)39-23-28-48-46(33-39)45-17-9-10-18-47(45)51-48/h2-29,31-32,34,39H,30,33H2,1H3/t39?,49-/m1/s1. The zero-order valence-electron chi connectivity index (χ0n) is 28.7. The van der Waals surface area contributed by atoms with Crippen molar-refractivity contribution in [2.75, 3.05) is 4.90 Å². The Labute approximate surface area is 300 Å². The number of allylic oxidation sites excluding steroid dienone is 5. The van der Waals surface area contributed by atoms with E-state index in [1.165, 1.54) is 44.3 Å². The third-order valence-corrected chi connectivity index (χ3v) is 10.6. The molecule has 1 unspecified atom stereocenters. The fourth-order valence-electron chi connectivity index (χ4n) is 7.74. The molecule has 1 heterocycles. The Morgan fingerprint density at radius 2 is 1.25 bits per heavy atom. The van der Waals surface area contributed by atoms with Crippen LogP contribution in [0.4, 0.5) is 17.1 Å². The predicted molar refractivity (Wildman–Crippen MR) is 214 cm³/mol. The molecule has 0 amide bonds. The molecule has 2 atom stereocenters. The van der Waals surface area contributed by atoms with E-state index in [1.54, 1.807) is 0 Å². The molecule has 2 heteroatoms. The monoisotopic (exact) mass is 657 g/mol. The second-order valence-corrected chi connectivity index (χ2v) is 14.0. The van der Waals surface area contributed by atoms with E-state index in [0.29, 0.717) is 0 Å². The highest BCUT2D eigenvalue weighted by Crippen LogP contribution is 2.43. The van der Waals surface area contributed by atoms with Crippen molar-refractivity contribution in [3.63, 3.8) is 0 Å². The summed E-state index contributed by atoms with van der Waals surface area (Å²) in [5.41, 5.74) is 13.0. The number of anilines is 3. The maximum Gasteiger partial charge on any atom is 0.135 e. The molecule has 0 bridgehead atoms. The van der Waals surface area contributed by atoms with E-state index in [9.17, 15) is 0 Å². The van der Waals surface area contributed by atoms with Gasteiger partial charge in [-0.2, -0.15) is 0 Å². The largest absolute Gasteiger partial charge is 0.456 e. The quantitative estimate of drug-likeness (QED) is 0.170. The van der Waals surface area contributed by atoms with E-state index < -0.39 is 0 Å². The van der Waals surface area contributed by atoms with Crippen LogP contribution in [0.3, 0.4) is 0 Å². The highest BCUT2D eigenvalue weighted by atomic mass is 16.3. The molecule has 0 saturated heterocycles. The van der Waals surface area contributed by atoms with Crippen LogP contribution < -0.4 is 4.90 Å². The van der Waals surface area contributed by atoms with Crippen LogP contribution in [-0.4, -0.2) is 0 Å². The van der Waals surface area contributed by atoms with E-state index in [1.807, 2.05) is 6.07 Å². The van der Waals surface area contributed by atoms with Crippen LogP contribution in [0.1, 0.15) is 41.7 Å². The summed E-state index contributed by atoms with van der Waals surface area (Å²) in [5, 5.41) is 1.22. The Bertz CT molecular complexity index is 2410.